The van der Waals surface area contributed by atoms with Crippen molar-refractivity contribution in [3.63, 3.8) is 0 Å². The summed E-state index contributed by atoms with van der Waals surface area (Å²) in [4.78, 5) is 27.1. The number of benzene rings is 2. The molecule has 2 aromatic rings. The van der Waals surface area contributed by atoms with Crippen LogP contribution in [0.15, 0.2) is 48.5 Å². The summed E-state index contributed by atoms with van der Waals surface area (Å²) < 4.78 is 5.17. The Morgan fingerprint density at radius 3 is 2.38 bits per heavy atom. The van der Waals surface area contributed by atoms with Gasteiger partial charge in [-0.15, -0.1) is 0 Å². The van der Waals surface area contributed by atoms with Crippen molar-refractivity contribution >= 4 is 17.6 Å². The van der Waals surface area contributed by atoms with Gasteiger partial charge in [-0.2, -0.15) is 0 Å². The Balaban J connectivity index is 2.44. The predicted octanol–water partition coefficient (Wildman–Crippen LogP) is 3.61. The van der Waals surface area contributed by atoms with Crippen LogP contribution in [0, 0.1) is 13.8 Å². The third kappa shape index (κ3) is 3.82. The summed E-state index contributed by atoms with van der Waals surface area (Å²) in [5.74, 6) is -1.78. The van der Waals surface area contributed by atoms with Gasteiger partial charge in [0.15, 0.2) is 5.92 Å². The minimum absolute atomic E-state index is 0.239. The number of esters is 1. The highest BCUT2D eigenvalue weighted by molar-refractivity contribution is 6.10. The first-order valence-electron chi connectivity index (χ1n) is 8.02. The molecule has 0 saturated heterocycles. The van der Waals surface area contributed by atoms with E-state index in [0.29, 0.717) is 5.56 Å². The van der Waals surface area contributed by atoms with Crippen LogP contribution in [0.1, 0.15) is 29.5 Å². The Kier molecular flexibility index (Phi) is 5.74. The van der Waals surface area contributed by atoms with Gasteiger partial charge in [0.05, 0.1) is 6.61 Å². The van der Waals surface area contributed by atoms with E-state index in [-0.39, 0.29) is 12.5 Å². The number of anilines is 1. The topological polar surface area (TPSA) is 46.6 Å². The second kappa shape index (κ2) is 7.77. The zero-order valence-corrected chi connectivity index (χ0v) is 14.6. The number of nitrogens with zero attached hydrogens (tertiary/aromatic N) is 1. The van der Waals surface area contributed by atoms with Gasteiger partial charge in [0, 0.05) is 12.7 Å². The first-order chi connectivity index (χ1) is 11.5. The average Bonchev–Trinajstić information content (AvgIpc) is 2.58. The van der Waals surface area contributed by atoms with E-state index < -0.39 is 11.9 Å². The van der Waals surface area contributed by atoms with Gasteiger partial charge < -0.3 is 9.64 Å². The van der Waals surface area contributed by atoms with Gasteiger partial charge in [-0.25, -0.2) is 0 Å². The zero-order chi connectivity index (χ0) is 17.7. The standard InChI is InChI=1S/C20H23NO3/c1-5-24-20(23)18(17-13-14(2)11-12-15(17)3)19(22)21(4)16-9-7-6-8-10-16/h6-13,18H,5H2,1-4H3. The number of amides is 1. The molecule has 0 aromatic heterocycles. The second-order valence-electron chi connectivity index (χ2n) is 5.78. The summed E-state index contributed by atoms with van der Waals surface area (Å²) >= 11 is 0. The molecule has 0 aliphatic heterocycles. The molecule has 0 saturated carbocycles. The van der Waals surface area contributed by atoms with Gasteiger partial charge in [0.2, 0.25) is 5.91 Å². The van der Waals surface area contributed by atoms with E-state index >= 15 is 0 Å². The number of carbonyl (C=O) groups is 2. The number of hydrogen-bond donors (Lipinski definition) is 0. The van der Waals surface area contributed by atoms with Crippen LogP contribution in [0.25, 0.3) is 0 Å². The summed E-state index contributed by atoms with van der Waals surface area (Å²) in [6.07, 6.45) is 0. The van der Waals surface area contributed by atoms with Gasteiger partial charge in [0.1, 0.15) is 0 Å². The quantitative estimate of drug-likeness (QED) is 0.623. The van der Waals surface area contributed by atoms with Crippen LogP contribution in [0.2, 0.25) is 0 Å². The fraction of sp³-hybridized carbons (Fsp3) is 0.300. The number of ether oxygens (including phenoxy) is 1. The number of aryl methyl sites for hydroxylation is 2. The van der Waals surface area contributed by atoms with E-state index in [0.717, 1.165) is 16.8 Å². The molecular weight excluding hydrogens is 302 g/mol. The van der Waals surface area contributed by atoms with Crippen LogP contribution >= 0.6 is 0 Å². The summed E-state index contributed by atoms with van der Waals surface area (Å²) in [7, 11) is 1.68. The highest BCUT2D eigenvalue weighted by atomic mass is 16.5. The van der Waals surface area contributed by atoms with Crippen LogP contribution < -0.4 is 4.90 Å². The summed E-state index contributed by atoms with van der Waals surface area (Å²) in [5, 5.41) is 0. The van der Waals surface area contributed by atoms with Gasteiger partial charge in [-0.3, -0.25) is 9.59 Å². The second-order valence-corrected chi connectivity index (χ2v) is 5.78. The van der Waals surface area contributed by atoms with Gasteiger partial charge in [0.25, 0.3) is 0 Å². The summed E-state index contributed by atoms with van der Waals surface area (Å²) in [6, 6.07) is 15.0. The monoisotopic (exact) mass is 325 g/mol. The highest BCUT2D eigenvalue weighted by Gasteiger charge is 2.34. The molecule has 4 heteroatoms. The molecule has 0 aliphatic carbocycles. The Morgan fingerprint density at radius 1 is 1.08 bits per heavy atom. The molecule has 126 valence electrons. The number of hydrogen-bond acceptors (Lipinski definition) is 3. The smallest absolute Gasteiger partial charge is 0.323 e. The highest BCUT2D eigenvalue weighted by Crippen LogP contribution is 2.26. The van der Waals surface area contributed by atoms with Crippen molar-refractivity contribution < 1.29 is 14.3 Å². The molecular formula is C20H23NO3. The Bertz CT molecular complexity index is 725. The molecule has 0 spiro atoms. The molecule has 2 aromatic carbocycles. The molecule has 4 nitrogen and oxygen atoms in total. The fourth-order valence-corrected chi connectivity index (χ4v) is 2.63. The minimum atomic E-state index is -0.963. The lowest BCUT2D eigenvalue weighted by Gasteiger charge is -2.24. The first-order valence-corrected chi connectivity index (χ1v) is 8.02. The molecule has 0 heterocycles. The Hall–Kier alpha value is -2.62. The van der Waals surface area contributed by atoms with Crippen molar-refractivity contribution in [3.8, 4) is 0 Å². The van der Waals surface area contributed by atoms with Crippen LogP contribution in [-0.2, 0) is 14.3 Å². The molecule has 0 bridgehead atoms. The van der Waals surface area contributed by atoms with Crippen LogP contribution in [0.3, 0.4) is 0 Å². The molecule has 2 rings (SSSR count). The number of likely N-dealkylation sites (N-methyl/N-ethyl adjacent to an activating group) is 1. The van der Waals surface area contributed by atoms with E-state index in [1.54, 1.807) is 14.0 Å². The van der Waals surface area contributed by atoms with Crippen LogP contribution in [-0.4, -0.2) is 25.5 Å². The summed E-state index contributed by atoms with van der Waals surface area (Å²) in [6.45, 7) is 5.82. The van der Waals surface area contributed by atoms with Gasteiger partial charge in [-0.1, -0.05) is 42.0 Å². The van der Waals surface area contributed by atoms with E-state index in [2.05, 4.69) is 0 Å². The van der Waals surface area contributed by atoms with Crippen molar-refractivity contribution in [3.05, 3.63) is 65.2 Å². The first kappa shape index (κ1) is 17.7. The zero-order valence-electron chi connectivity index (χ0n) is 14.6. The van der Waals surface area contributed by atoms with Crippen molar-refractivity contribution in [2.45, 2.75) is 26.7 Å². The third-order valence-electron chi connectivity index (χ3n) is 3.99. The molecule has 0 aliphatic rings. The maximum atomic E-state index is 13.0. The molecule has 0 fully saturated rings. The van der Waals surface area contributed by atoms with E-state index in [1.165, 1.54) is 4.90 Å². The number of rotatable bonds is 5. The minimum Gasteiger partial charge on any atom is -0.465 e. The predicted molar refractivity (Wildman–Crippen MR) is 95.1 cm³/mol. The number of carbonyl (C=O) groups excluding carboxylic acids is 2. The Labute approximate surface area is 143 Å². The lowest BCUT2D eigenvalue weighted by Crippen LogP contribution is -2.36. The van der Waals surface area contributed by atoms with Crippen molar-refractivity contribution in [1.82, 2.24) is 0 Å². The van der Waals surface area contributed by atoms with Crippen molar-refractivity contribution in [2.24, 2.45) is 0 Å². The molecule has 1 atom stereocenters. The maximum absolute atomic E-state index is 13.0. The molecule has 1 unspecified atom stereocenters. The van der Waals surface area contributed by atoms with Crippen molar-refractivity contribution in [2.75, 3.05) is 18.6 Å². The largest absolute Gasteiger partial charge is 0.465 e. The lowest BCUT2D eigenvalue weighted by molar-refractivity contribution is -0.147. The summed E-state index contributed by atoms with van der Waals surface area (Å²) in [5.41, 5.74) is 3.33. The molecule has 0 radical (unpaired) electrons. The SMILES string of the molecule is CCOC(=O)C(C(=O)N(C)c1ccccc1)c1cc(C)ccc1C. The average molecular weight is 325 g/mol. The van der Waals surface area contributed by atoms with Gasteiger partial charge >= 0.3 is 5.97 Å². The lowest BCUT2D eigenvalue weighted by atomic mass is 9.92. The molecule has 0 N–H and O–H groups in total. The van der Waals surface area contributed by atoms with Gasteiger partial charge in [-0.05, 0) is 44.0 Å². The normalized spacial score (nSPS) is 11.7. The van der Waals surface area contributed by atoms with E-state index in [4.69, 9.17) is 4.74 Å². The number of para-hydroxylation sites is 1. The Morgan fingerprint density at radius 2 is 1.75 bits per heavy atom. The third-order valence-corrected chi connectivity index (χ3v) is 3.99. The van der Waals surface area contributed by atoms with Crippen LogP contribution in [0.5, 0.6) is 0 Å². The molecule has 1 amide bonds. The fourth-order valence-electron chi connectivity index (χ4n) is 2.63. The van der Waals surface area contributed by atoms with Crippen LogP contribution in [0.4, 0.5) is 5.69 Å². The molecule has 24 heavy (non-hydrogen) atoms. The maximum Gasteiger partial charge on any atom is 0.323 e. The van der Waals surface area contributed by atoms with E-state index in [9.17, 15) is 9.59 Å². The van der Waals surface area contributed by atoms with E-state index in [1.807, 2.05) is 62.4 Å². The van der Waals surface area contributed by atoms with Crippen molar-refractivity contribution in [1.29, 1.82) is 0 Å².